The summed E-state index contributed by atoms with van der Waals surface area (Å²) in [6.07, 6.45) is 3.66. The Morgan fingerprint density at radius 3 is 2.88 bits per heavy atom. The summed E-state index contributed by atoms with van der Waals surface area (Å²) in [5.74, 6) is 0.0698. The van der Waals surface area contributed by atoms with Gasteiger partial charge in [-0.1, -0.05) is 6.58 Å². The summed E-state index contributed by atoms with van der Waals surface area (Å²) in [5, 5.41) is 6.58. The van der Waals surface area contributed by atoms with Crippen molar-refractivity contribution >= 4 is 5.91 Å². The van der Waals surface area contributed by atoms with Gasteiger partial charge in [-0.05, 0) is 12.8 Å². The SMILES string of the molecule is C=C1NC(=O)C2(n3ncncc3=O)CC1C2. The van der Waals surface area contributed by atoms with Gasteiger partial charge in [0, 0.05) is 11.6 Å². The van der Waals surface area contributed by atoms with E-state index in [0.29, 0.717) is 12.8 Å². The second-order valence-corrected chi connectivity index (χ2v) is 4.28. The minimum atomic E-state index is -0.814. The maximum atomic E-state index is 11.9. The predicted octanol–water partition coefficient (Wildman–Crippen LogP) is -0.613. The first-order chi connectivity index (χ1) is 7.63. The molecule has 3 fully saturated rings. The normalized spacial score (nSPS) is 31.9. The van der Waals surface area contributed by atoms with Gasteiger partial charge in [-0.2, -0.15) is 5.10 Å². The van der Waals surface area contributed by atoms with Gasteiger partial charge in [-0.25, -0.2) is 9.67 Å². The quantitative estimate of drug-likeness (QED) is 0.682. The molecule has 1 aromatic heterocycles. The molecule has 2 saturated heterocycles. The zero-order chi connectivity index (χ0) is 11.3. The summed E-state index contributed by atoms with van der Waals surface area (Å²) < 4.78 is 1.23. The van der Waals surface area contributed by atoms with Gasteiger partial charge in [0.05, 0.1) is 6.20 Å². The van der Waals surface area contributed by atoms with Crippen molar-refractivity contribution in [2.45, 2.75) is 18.4 Å². The van der Waals surface area contributed by atoms with Crippen molar-refractivity contribution in [2.24, 2.45) is 5.92 Å². The summed E-state index contributed by atoms with van der Waals surface area (Å²) in [6.45, 7) is 3.78. The van der Waals surface area contributed by atoms with Crippen LogP contribution in [0.25, 0.3) is 0 Å². The fraction of sp³-hybridized carbons (Fsp3) is 0.400. The summed E-state index contributed by atoms with van der Waals surface area (Å²) in [6, 6.07) is 0. The average molecular weight is 218 g/mol. The zero-order valence-electron chi connectivity index (χ0n) is 8.51. The van der Waals surface area contributed by atoms with E-state index in [4.69, 9.17) is 0 Å². The van der Waals surface area contributed by atoms with E-state index in [1.54, 1.807) is 0 Å². The molecule has 6 heteroatoms. The van der Waals surface area contributed by atoms with Crippen LogP contribution < -0.4 is 10.9 Å². The van der Waals surface area contributed by atoms with Crippen LogP contribution in [0.15, 0.2) is 29.6 Å². The monoisotopic (exact) mass is 218 g/mol. The highest BCUT2D eigenvalue weighted by Gasteiger charge is 2.57. The Hall–Kier alpha value is -1.98. The zero-order valence-corrected chi connectivity index (χ0v) is 8.51. The molecule has 0 aromatic carbocycles. The highest BCUT2D eigenvalue weighted by molar-refractivity contribution is 5.89. The number of hydrogen-bond acceptors (Lipinski definition) is 4. The van der Waals surface area contributed by atoms with Crippen LogP contribution in [0.1, 0.15) is 12.8 Å². The number of nitrogens with zero attached hydrogens (tertiary/aromatic N) is 3. The van der Waals surface area contributed by atoms with Crippen molar-refractivity contribution < 1.29 is 4.79 Å². The standard InChI is InChI=1S/C10H10N4O2/c1-6-7-2-10(3-7,9(16)13-6)14-8(15)4-11-5-12-14/h4-5,7H,1-3H2,(H,13,16). The lowest BCUT2D eigenvalue weighted by atomic mass is 9.63. The molecule has 0 radical (unpaired) electrons. The minimum Gasteiger partial charge on any atom is -0.328 e. The van der Waals surface area contributed by atoms with Crippen LogP contribution in [0.2, 0.25) is 0 Å². The number of nitrogens with one attached hydrogen (secondary N) is 1. The van der Waals surface area contributed by atoms with Crippen molar-refractivity contribution in [3.8, 4) is 0 Å². The first kappa shape index (κ1) is 9.26. The molecule has 2 bridgehead atoms. The van der Waals surface area contributed by atoms with Crippen LogP contribution in [0.5, 0.6) is 0 Å². The molecular weight excluding hydrogens is 208 g/mol. The summed E-state index contributed by atoms with van der Waals surface area (Å²) in [7, 11) is 0. The van der Waals surface area contributed by atoms with Crippen LogP contribution in [0, 0.1) is 5.92 Å². The highest BCUT2D eigenvalue weighted by Crippen LogP contribution is 2.49. The second kappa shape index (κ2) is 2.78. The molecular formula is C10H10N4O2. The summed E-state index contributed by atoms with van der Waals surface area (Å²) in [4.78, 5) is 27.2. The molecule has 6 nitrogen and oxygen atoms in total. The number of fused-ring (bicyclic) bond motifs is 2. The molecule has 4 rings (SSSR count). The van der Waals surface area contributed by atoms with Crippen molar-refractivity contribution in [3.05, 3.63) is 35.2 Å². The van der Waals surface area contributed by atoms with Crippen LogP contribution in [0.3, 0.4) is 0 Å². The van der Waals surface area contributed by atoms with E-state index in [2.05, 4.69) is 22.0 Å². The molecule has 0 unspecified atom stereocenters. The number of carbonyl (C=O) groups excluding carboxylic acids is 1. The van der Waals surface area contributed by atoms with Gasteiger partial charge in [-0.3, -0.25) is 9.59 Å². The Balaban J connectivity index is 2.09. The van der Waals surface area contributed by atoms with Gasteiger partial charge in [0.2, 0.25) is 0 Å². The van der Waals surface area contributed by atoms with Gasteiger partial charge >= 0.3 is 0 Å². The molecule has 16 heavy (non-hydrogen) atoms. The van der Waals surface area contributed by atoms with Crippen LogP contribution in [0.4, 0.5) is 0 Å². The number of hydrogen-bond donors (Lipinski definition) is 1. The first-order valence-corrected chi connectivity index (χ1v) is 5.03. The number of piperidine rings is 2. The number of aromatic nitrogens is 3. The predicted molar refractivity (Wildman–Crippen MR) is 54.3 cm³/mol. The fourth-order valence-electron chi connectivity index (χ4n) is 2.43. The Labute approximate surface area is 91.0 Å². The van der Waals surface area contributed by atoms with Crippen molar-refractivity contribution in [3.63, 3.8) is 0 Å². The molecule has 0 atom stereocenters. The third kappa shape index (κ3) is 0.959. The molecule has 1 amide bonds. The van der Waals surface area contributed by atoms with Crippen LogP contribution >= 0.6 is 0 Å². The van der Waals surface area contributed by atoms with Gasteiger partial charge in [-0.15, -0.1) is 0 Å². The third-order valence-corrected chi connectivity index (χ3v) is 3.39. The largest absolute Gasteiger partial charge is 0.328 e. The summed E-state index contributed by atoms with van der Waals surface area (Å²) in [5.41, 5.74) is -0.413. The average Bonchev–Trinajstić information content (AvgIpc) is 2.17. The fourth-order valence-corrected chi connectivity index (χ4v) is 2.43. The molecule has 2 aliphatic heterocycles. The molecule has 1 saturated carbocycles. The Bertz CT molecular complexity index is 542. The maximum absolute atomic E-state index is 11.9. The molecule has 1 aromatic rings. The first-order valence-electron chi connectivity index (χ1n) is 5.03. The third-order valence-electron chi connectivity index (χ3n) is 3.39. The van der Waals surface area contributed by atoms with Gasteiger partial charge < -0.3 is 5.32 Å². The molecule has 1 N–H and O–H groups in total. The van der Waals surface area contributed by atoms with Crippen molar-refractivity contribution in [1.82, 2.24) is 20.1 Å². The van der Waals surface area contributed by atoms with E-state index in [1.807, 2.05) is 0 Å². The Kier molecular flexibility index (Phi) is 1.61. The smallest absolute Gasteiger partial charge is 0.286 e. The van der Waals surface area contributed by atoms with Crippen LogP contribution in [-0.2, 0) is 10.3 Å². The van der Waals surface area contributed by atoms with E-state index in [9.17, 15) is 9.59 Å². The number of carbonyl (C=O) groups is 1. The second-order valence-electron chi connectivity index (χ2n) is 4.28. The Morgan fingerprint density at radius 1 is 1.50 bits per heavy atom. The van der Waals surface area contributed by atoms with Gasteiger partial charge in [0.15, 0.2) is 0 Å². The molecule has 3 aliphatic rings. The summed E-state index contributed by atoms with van der Waals surface area (Å²) >= 11 is 0. The van der Waals surface area contributed by atoms with E-state index in [1.165, 1.54) is 17.2 Å². The van der Waals surface area contributed by atoms with E-state index < -0.39 is 5.54 Å². The lowest BCUT2D eigenvalue weighted by Gasteiger charge is -2.51. The minimum absolute atomic E-state index is 0.194. The number of allylic oxidation sites excluding steroid dienone is 1. The molecule has 82 valence electrons. The Morgan fingerprint density at radius 2 is 2.25 bits per heavy atom. The highest BCUT2D eigenvalue weighted by atomic mass is 16.2. The van der Waals surface area contributed by atoms with Crippen LogP contribution in [-0.4, -0.2) is 20.7 Å². The maximum Gasteiger partial charge on any atom is 0.286 e. The number of amides is 1. The topological polar surface area (TPSA) is 76.9 Å². The molecule has 1 aliphatic carbocycles. The van der Waals surface area contributed by atoms with Crippen molar-refractivity contribution in [1.29, 1.82) is 0 Å². The van der Waals surface area contributed by atoms with E-state index in [0.717, 1.165) is 5.70 Å². The lowest BCUT2D eigenvalue weighted by Crippen LogP contribution is -2.65. The van der Waals surface area contributed by atoms with Gasteiger partial charge in [0.25, 0.3) is 11.5 Å². The lowest BCUT2D eigenvalue weighted by molar-refractivity contribution is -0.142. The molecule has 3 heterocycles. The van der Waals surface area contributed by atoms with E-state index >= 15 is 0 Å². The van der Waals surface area contributed by atoms with E-state index in [-0.39, 0.29) is 17.4 Å². The van der Waals surface area contributed by atoms with Crippen molar-refractivity contribution in [2.75, 3.05) is 0 Å². The molecule has 0 spiro atoms. The number of rotatable bonds is 1. The van der Waals surface area contributed by atoms with Gasteiger partial charge in [0.1, 0.15) is 11.9 Å².